The number of carbonyl (C=O) groups excluding carboxylic acids is 1. The number of hydrogen-bond acceptors (Lipinski definition) is 9. The van der Waals surface area contributed by atoms with Crippen molar-refractivity contribution >= 4 is 29.5 Å². The van der Waals surface area contributed by atoms with Gasteiger partial charge in [-0.05, 0) is 6.92 Å². The van der Waals surface area contributed by atoms with E-state index in [4.69, 9.17) is 21.5 Å². The van der Waals surface area contributed by atoms with E-state index in [0.29, 0.717) is 40.3 Å². The highest BCUT2D eigenvalue weighted by Crippen LogP contribution is 2.26. The molecule has 1 amide bonds. The van der Waals surface area contributed by atoms with Crippen molar-refractivity contribution in [3.8, 4) is 23.0 Å². The minimum absolute atomic E-state index is 0.00924. The second-order valence-electron chi connectivity index (χ2n) is 6.37. The molecule has 0 saturated heterocycles. The van der Waals surface area contributed by atoms with Gasteiger partial charge < -0.3 is 30.5 Å². The zero-order valence-electron chi connectivity index (χ0n) is 16.4. The van der Waals surface area contributed by atoms with Gasteiger partial charge in [0.1, 0.15) is 28.4 Å². The van der Waals surface area contributed by atoms with Crippen LogP contribution in [0.25, 0.3) is 23.0 Å². The van der Waals surface area contributed by atoms with Crippen LogP contribution in [-0.2, 0) is 0 Å². The number of H-pyrrole nitrogens is 2. The molecule has 0 unspecified atom stereocenters. The van der Waals surface area contributed by atoms with Crippen molar-refractivity contribution in [1.29, 1.82) is 5.41 Å². The lowest BCUT2D eigenvalue weighted by Crippen LogP contribution is -2.27. The third-order valence-electron chi connectivity index (χ3n) is 4.39. The molecule has 0 aliphatic heterocycles. The predicted molar refractivity (Wildman–Crippen MR) is 112 cm³/mol. The van der Waals surface area contributed by atoms with Crippen molar-refractivity contribution < 1.29 is 9.32 Å². The van der Waals surface area contributed by atoms with Gasteiger partial charge in [0.15, 0.2) is 28.9 Å². The molecule has 0 bridgehead atoms. The van der Waals surface area contributed by atoms with E-state index >= 15 is 0 Å². The summed E-state index contributed by atoms with van der Waals surface area (Å²) in [5.41, 5.74) is 1.27. The Morgan fingerprint density at radius 3 is 2.84 bits per heavy atom. The maximum atomic E-state index is 12.7. The van der Waals surface area contributed by atoms with Crippen LogP contribution >= 0.6 is 11.6 Å². The number of rotatable bonds is 7. The Balaban J connectivity index is 1.52. The number of aromatic amines is 2. The zero-order chi connectivity index (χ0) is 22.0. The second kappa shape index (κ2) is 8.36. The van der Waals surface area contributed by atoms with Gasteiger partial charge in [0.2, 0.25) is 0 Å². The number of hydrogen-bond donors (Lipinski definition) is 5. The van der Waals surface area contributed by atoms with Crippen LogP contribution in [0.15, 0.2) is 29.3 Å². The van der Waals surface area contributed by atoms with E-state index in [9.17, 15) is 4.79 Å². The van der Waals surface area contributed by atoms with Crippen LogP contribution in [0.5, 0.6) is 0 Å². The molecule has 0 aliphatic carbocycles. The van der Waals surface area contributed by atoms with E-state index in [1.165, 1.54) is 6.33 Å². The first kappa shape index (κ1) is 20.2. The van der Waals surface area contributed by atoms with Crippen LogP contribution in [0.2, 0.25) is 5.02 Å². The van der Waals surface area contributed by atoms with Gasteiger partial charge in [0.05, 0.1) is 6.04 Å². The number of halogens is 1. The van der Waals surface area contributed by atoms with E-state index in [1.54, 1.807) is 32.4 Å². The highest BCUT2D eigenvalue weighted by Gasteiger charge is 2.23. The van der Waals surface area contributed by atoms with Gasteiger partial charge in [-0.25, -0.2) is 19.9 Å². The maximum absolute atomic E-state index is 12.7. The van der Waals surface area contributed by atoms with E-state index in [2.05, 4.69) is 45.7 Å². The second-order valence-corrected chi connectivity index (χ2v) is 6.75. The molecule has 1 atom stereocenters. The molecule has 0 aliphatic rings. The number of amides is 1. The molecule has 4 aromatic rings. The Kier molecular flexibility index (Phi) is 5.45. The highest BCUT2D eigenvalue weighted by atomic mass is 35.5. The molecule has 0 fully saturated rings. The van der Waals surface area contributed by atoms with Crippen molar-refractivity contribution in [2.75, 3.05) is 12.4 Å². The molecule has 13 heteroatoms. The van der Waals surface area contributed by atoms with Gasteiger partial charge in [0.25, 0.3) is 5.91 Å². The third kappa shape index (κ3) is 3.88. The Bertz CT molecular complexity index is 1230. The van der Waals surface area contributed by atoms with E-state index < -0.39 is 11.9 Å². The molecule has 4 rings (SSSR count). The van der Waals surface area contributed by atoms with Gasteiger partial charge in [-0.3, -0.25) is 4.79 Å². The molecule has 31 heavy (non-hydrogen) atoms. The first-order valence-corrected chi connectivity index (χ1v) is 9.46. The van der Waals surface area contributed by atoms with E-state index in [1.807, 2.05) is 0 Å². The van der Waals surface area contributed by atoms with Gasteiger partial charge in [0, 0.05) is 31.7 Å². The quantitative estimate of drug-likeness (QED) is 0.272. The fourth-order valence-corrected chi connectivity index (χ4v) is 3.11. The molecule has 0 radical (unpaired) electrons. The summed E-state index contributed by atoms with van der Waals surface area (Å²) < 4.78 is 5.36. The minimum Gasteiger partial charge on any atom is -0.371 e. The lowest BCUT2D eigenvalue weighted by molar-refractivity contribution is 0.0929. The van der Waals surface area contributed by atoms with Crippen molar-refractivity contribution in [2.45, 2.75) is 13.0 Å². The van der Waals surface area contributed by atoms with Crippen LogP contribution in [-0.4, -0.2) is 54.2 Å². The molecular weight excluding hydrogens is 424 g/mol. The number of aromatic nitrogens is 7. The van der Waals surface area contributed by atoms with Crippen LogP contribution in [0.1, 0.15) is 34.9 Å². The highest BCUT2D eigenvalue weighted by molar-refractivity contribution is 6.35. The molecule has 5 N–H and O–H groups in total. The Labute approximate surface area is 180 Å². The number of nitrogens with zero attached hydrogens (tertiary/aromatic N) is 5. The lowest BCUT2D eigenvalue weighted by Gasteiger charge is -2.11. The summed E-state index contributed by atoms with van der Waals surface area (Å²) in [6.45, 7) is 1.73. The molecule has 4 heterocycles. The summed E-state index contributed by atoms with van der Waals surface area (Å²) in [4.78, 5) is 35.1. The summed E-state index contributed by atoms with van der Waals surface area (Å²) in [6.07, 6.45) is 5.57. The molecule has 0 saturated carbocycles. The largest absolute Gasteiger partial charge is 0.371 e. The molecule has 12 nitrogen and oxygen atoms in total. The van der Waals surface area contributed by atoms with E-state index in [-0.39, 0.29) is 10.7 Å². The normalized spacial score (nSPS) is 11.8. The Morgan fingerprint density at radius 1 is 1.32 bits per heavy atom. The van der Waals surface area contributed by atoms with Crippen molar-refractivity contribution in [3.05, 3.63) is 47.0 Å². The van der Waals surface area contributed by atoms with E-state index in [0.717, 1.165) is 6.21 Å². The summed E-state index contributed by atoms with van der Waals surface area (Å²) in [5, 5.41) is 17.1. The lowest BCUT2D eigenvalue weighted by atomic mass is 10.2. The molecule has 0 aromatic carbocycles. The third-order valence-corrected chi connectivity index (χ3v) is 4.74. The Hall–Kier alpha value is -4.06. The summed E-state index contributed by atoms with van der Waals surface area (Å²) in [6, 6.07) is 1.11. The molecular formula is C18H17ClN10O2. The van der Waals surface area contributed by atoms with Gasteiger partial charge >= 0.3 is 0 Å². The number of carbonyl (C=O) groups is 1. The van der Waals surface area contributed by atoms with Crippen molar-refractivity contribution in [2.24, 2.45) is 0 Å². The number of anilines is 1. The fraction of sp³-hybridized carbons (Fsp3) is 0.167. The number of nitrogens with one attached hydrogen (secondary N) is 5. The van der Waals surface area contributed by atoms with Gasteiger partial charge in [-0.1, -0.05) is 16.8 Å². The standard InChI is InChI=1S/C18H17ClN10O2/c1-8(11-5-9(29-31-11)16-27-10(6-20)15(21-2)28-16)26-18(30)14-12(19)13(24-7-25-14)17-22-3-4-23-17/h3-8,20-21H,1-2H3,(H,22,23)(H,26,30)(H,27,28)/t8-/m1/s1. The van der Waals surface area contributed by atoms with Crippen molar-refractivity contribution in [3.63, 3.8) is 0 Å². The Morgan fingerprint density at radius 2 is 2.16 bits per heavy atom. The zero-order valence-corrected chi connectivity index (χ0v) is 17.2. The average molecular weight is 441 g/mol. The molecule has 4 aromatic heterocycles. The minimum atomic E-state index is -0.534. The average Bonchev–Trinajstić information content (AvgIpc) is 3.53. The summed E-state index contributed by atoms with van der Waals surface area (Å²) in [5.74, 6) is 1.27. The van der Waals surface area contributed by atoms with Crippen LogP contribution < -0.4 is 10.6 Å². The molecule has 0 spiro atoms. The fourth-order valence-electron chi connectivity index (χ4n) is 2.83. The summed E-state index contributed by atoms with van der Waals surface area (Å²) in [7, 11) is 1.70. The van der Waals surface area contributed by atoms with Crippen molar-refractivity contribution in [1.82, 2.24) is 40.4 Å². The van der Waals surface area contributed by atoms with Gasteiger partial charge in [-0.15, -0.1) is 0 Å². The van der Waals surface area contributed by atoms with Crippen LogP contribution in [0.4, 0.5) is 5.82 Å². The van der Waals surface area contributed by atoms with Gasteiger partial charge in [-0.2, -0.15) is 0 Å². The topological polar surface area (TPSA) is 174 Å². The van der Waals surface area contributed by atoms with Crippen LogP contribution in [0.3, 0.4) is 0 Å². The number of imidazole rings is 2. The van der Waals surface area contributed by atoms with Crippen LogP contribution in [0, 0.1) is 5.41 Å². The SMILES string of the molecule is CNc1nc(-c2cc([C@@H](C)NC(=O)c3ncnc(-c4ncc[nH]4)c3Cl)on2)[nH]c1C=N. The predicted octanol–water partition coefficient (Wildman–Crippen LogP) is 2.43. The smallest absolute Gasteiger partial charge is 0.272 e. The monoisotopic (exact) mass is 440 g/mol. The maximum Gasteiger partial charge on any atom is 0.272 e. The summed E-state index contributed by atoms with van der Waals surface area (Å²) >= 11 is 6.34. The molecule has 158 valence electrons. The first-order valence-electron chi connectivity index (χ1n) is 9.08. The first-order chi connectivity index (χ1) is 15.0.